The molecule has 0 bridgehead atoms. The summed E-state index contributed by atoms with van der Waals surface area (Å²) in [6.45, 7) is 2.00. The fourth-order valence-corrected chi connectivity index (χ4v) is 3.46. The molecule has 0 saturated carbocycles. The molecule has 0 aliphatic heterocycles. The molecule has 0 aliphatic carbocycles. The van der Waals surface area contributed by atoms with Gasteiger partial charge in [-0.3, -0.25) is 10.1 Å². The SMILES string of the molecule is Cc1ccc(-c2csc(NC(=O)c3cc(F)ccc3F)n2)s1. The van der Waals surface area contributed by atoms with Crippen molar-refractivity contribution in [1.82, 2.24) is 4.98 Å². The van der Waals surface area contributed by atoms with Gasteiger partial charge in [0.1, 0.15) is 11.6 Å². The lowest BCUT2D eigenvalue weighted by atomic mass is 10.2. The smallest absolute Gasteiger partial charge is 0.260 e. The van der Waals surface area contributed by atoms with Crippen LogP contribution in [0.4, 0.5) is 13.9 Å². The van der Waals surface area contributed by atoms with Crippen molar-refractivity contribution in [3.05, 3.63) is 57.8 Å². The summed E-state index contributed by atoms with van der Waals surface area (Å²) in [5.41, 5.74) is 0.404. The van der Waals surface area contributed by atoms with Gasteiger partial charge in [0, 0.05) is 10.3 Å². The molecule has 1 N–H and O–H groups in total. The Balaban J connectivity index is 1.80. The Labute approximate surface area is 133 Å². The minimum atomic E-state index is -0.774. The molecule has 0 aliphatic rings. The van der Waals surface area contributed by atoms with Crippen LogP contribution < -0.4 is 5.32 Å². The number of amides is 1. The zero-order valence-corrected chi connectivity index (χ0v) is 13.0. The molecule has 112 valence electrons. The van der Waals surface area contributed by atoms with Crippen molar-refractivity contribution in [3.8, 4) is 10.6 Å². The molecule has 3 rings (SSSR count). The fourth-order valence-electron chi connectivity index (χ4n) is 1.85. The maximum Gasteiger partial charge on any atom is 0.260 e. The minimum Gasteiger partial charge on any atom is -0.298 e. The summed E-state index contributed by atoms with van der Waals surface area (Å²) in [6, 6.07) is 6.69. The molecule has 0 spiro atoms. The van der Waals surface area contributed by atoms with E-state index in [-0.39, 0.29) is 5.56 Å². The Morgan fingerprint density at radius 2 is 2.05 bits per heavy atom. The Morgan fingerprint density at radius 1 is 1.23 bits per heavy atom. The zero-order valence-electron chi connectivity index (χ0n) is 11.4. The van der Waals surface area contributed by atoms with Gasteiger partial charge in [-0.25, -0.2) is 13.8 Å². The summed E-state index contributed by atoms with van der Waals surface area (Å²) in [6.07, 6.45) is 0. The van der Waals surface area contributed by atoms with E-state index in [1.165, 1.54) is 11.3 Å². The van der Waals surface area contributed by atoms with Crippen LogP contribution in [0.25, 0.3) is 10.6 Å². The maximum atomic E-state index is 13.6. The van der Waals surface area contributed by atoms with E-state index in [4.69, 9.17) is 0 Å². The number of hydrogen-bond acceptors (Lipinski definition) is 4. The van der Waals surface area contributed by atoms with Crippen molar-refractivity contribution < 1.29 is 13.6 Å². The van der Waals surface area contributed by atoms with Gasteiger partial charge in [0.2, 0.25) is 0 Å². The standard InChI is InChI=1S/C15H10F2N2OS2/c1-8-2-5-13(22-8)12-7-21-15(18-12)19-14(20)10-6-9(16)3-4-11(10)17/h2-7H,1H3,(H,18,19,20). The minimum absolute atomic E-state index is 0.342. The van der Waals surface area contributed by atoms with Crippen molar-refractivity contribution in [3.63, 3.8) is 0 Å². The summed E-state index contributed by atoms with van der Waals surface area (Å²) in [5, 5.41) is 4.64. The van der Waals surface area contributed by atoms with E-state index in [2.05, 4.69) is 10.3 Å². The number of rotatable bonds is 3. The van der Waals surface area contributed by atoms with Gasteiger partial charge in [0.05, 0.1) is 16.1 Å². The van der Waals surface area contributed by atoms with Crippen LogP contribution in [0, 0.1) is 18.6 Å². The summed E-state index contributed by atoms with van der Waals surface area (Å²) in [4.78, 5) is 18.4. The average molecular weight is 336 g/mol. The van der Waals surface area contributed by atoms with Crippen LogP contribution in [0.2, 0.25) is 0 Å². The highest BCUT2D eigenvalue weighted by Gasteiger charge is 2.15. The topological polar surface area (TPSA) is 42.0 Å². The molecule has 3 nitrogen and oxygen atoms in total. The largest absolute Gasteiger partial charge is 0.298 e. The lowest BCUT2D eigenvalue weighted by Crippen LogP contribution is -2.13. The third-order valence-corrected chi connectivity index (χ3v) is 4.67. The van der Waals surface area contributed by atoms with E-state index in [1.807, 2.05) is 24.4 Å². The Kier molecular flexibility index (Phi) is 4.00. The highest BCUT2D eigenvalue weighted by atomic mass is 32.1. The van der Waals surface area contributed by atoms with E-state index in [1.54, 1.807) is 11.3 Å². The molecular formula is C15H10F2N2OS2. The van der Waals surface area contributed by atoms with Crippen LogP contribution in [0.3, 0.4) is 0 Å². The van der Waals surface area contributed by atoms with Gasteiger partial charge in [-0.15, -0.1) is 22.7 Å². The molecular weight excluding hydrogens is 326 g/mol. The molecule has 0 atom stereocenters. The van der Waals surface area contributed by atoms with Gasteiger partial charge < -0.3 is 0 Å². The van der Waals surface area contributed by atoms with Crippen LogP contribution in [0.1, 0.15) is 15.2 Å². The van der Waals surface area contributed by atoms with Crippen molar-refractivity contribution >= 4 is 33.7 Å². The Bertz CT molecular complexity index is 842. The summed E-state index contributed by atoms with van der Waals surface area (Å²) >= 11 is 2.83. The van der Waals surface area contributed by atoms with Gasteiger partial charge in [-0.2, -0.15) is 0 Å². The lowest BCUT2D eigenvalue weighted by molar-refractivity contribution is 0.102. The number of carbonyl (C=O) groups is 1. The molecule has 0 saturated heterocycles. The summed E-state index contributed by atoms with van der Waals surface area (Å²) in [5.74, 6) is -2.16. The summed E-state index contributed by atoms with van der Waals surface area (Å²) < 4.78 is 26.7. The molecule has 2 aromatic heterocycles. The maximum absolute atomic E-state index is 13.6. The van der Waals surface area contributed by atoms with E-state index < -0.39 is 17.5 Å². The predicted molar refractivity (Wildman–Crippen MR) is 84.5 cm³/mol. The number of aromatic nitrogens is 1. The van der Waals surface area contributed by atoms with Crippen molar-refractivity contribution in [2.75, 3.05) is 5.32 Å². The predicted octanol–water partition coefficient (Wildman–Crippen LogP) is 4.71. The van der Waals surface area contributed by atoms with Crippen molar-refractivity contribution in [1.29, 1.82) is 0 Å². The molecule has 1 aromatic carbocycles. The van der Waals surface area contributed by atoms with E-state index in [9.17, 15) is 13.6 Å². The number of halogens is 2. The van der Waals surface area contributed by atoms with Crippen LogP contribution >= 0.6 is 22.7 Å². The van der Waals surface area contributed by atoms with Gasteiger partial charge in [-0.1, -0.05) is 0 Å². The van der Waals surface area contributed by atoms with Crippen molar-refractivity contribution in [2.45, 2.75) is 6.92 Å². The molecule has 0 fully saturated rings. The number of carbonyl (C=O) groups excluding carboxylic acids is 1. The Morgan fingerprint density at radius 3 is 2.77 bits per heavy atom. The highest BCUT2D eigenvalue weighted by Crippen LogP contribution is 2.30. The molecule has 1 amide bonds. The number of thiophene rings is 1. The Hall–Kier alpha value is -2.12. The van der Waals surface area contributed by atoms with Gasteiger partial charge in [-0.05, 0) is 37.3 Å². The lowest BCUT2D eigenvalue weighted by Gasteiger charge is -2.03. The number of nitrogens with zero attached hydrogens (tertiary/aromatic N) is 1. The second-order valence-electron chi connectivity index (χ2n) is 4.53. The number of anilines is 1. The molecule has 3 aromatic rings. The third kappa shape index (κ3) is 3.05. The summed E-state index contributed by atoms with van der Waals surface area (Å²) in [7, 11) is 0. The first-order valence-corrected chi connectivity index (χ1v) is 8.01. The molecule has 22 heavy (non-hydrogen) atoms. The first-order chi connectivity index (χ1) is 10.5. The van der Waals surface area contributed by atoms with Crippen LogP contribution in [0.15, 0.2) is 35.7 Å². The van der Waals surface area contributed by atoms with Gasteiger partial charge in [0.15, 0.2) is 5.13 Å². The molecule has 2 heterocycles. The van der Waals surface area contributed by atoms with Crippen LogP contribution in [0.5, 0.6) is 0 Å². The first kappa shape index (κ1) is 14.8. The van der Waals surface area contributed by atoms with Crippen LogP contribution in [-0.2, 0) is 0 Å². The molecule has 0 radical (unpaired) electrons. The monoisotopic (exact) mass is 336 g/mol. The highest BCUT2D eigenvalue weighted by molar-refractivity contribution is 7.17. The second-order valence-corrected chi connectivity index (χ2v) is 6.67. The third-order valence-electron chi connectivity index (χ3n) is 2.89. The normalized spacial score (nSPS) is 10.7. The quantitative estimate of drug-likeness (QED) is 0.752. The number of thiazole rings is 1. The number of hydrogen-bond donors (Lipinski definition) is 1. The fraction of sp³-hybridized carbons (Fsp3) is 0.0667. The van der Waals surface area contributed by atoms with Crippen molar-refractivity contribution in [2.24, 2.45) is 0 Å². The van der Waals surface area contributed by atoms with E-state index in [0.717, 1.165) is 33.6 Å². The van der Waals surface area contributed by atoms with Crippen LogP contribution in [-0.4, -0.2) is 10.9 Å². The van der Waals surface area contributed by atoms with Gasteiger partial charge >= 0.3 is 0 Å². The zero-order chi connectivity index (χ0) is 15.7. The second kappa shape index (κ2) is 5.94. The molecule has 0 unspecified atom stereocenters. The number of benzene rings is 1. The van der Waals surface area contributed by atoms with E-state index in [0.29, 0.717) is 5.13 Å². The van der Waals surface area contributed by atoms with E-state index >= 15 is 0 Å². The van der Waals surface area contributed by atoms with Gasteiger partial charge in [0.25, 0.3) is 5.91 Å². The average Bonchev–Trinajstić information content (AvgIpc) is 3.10. The molecule has 7 heteroatoms. The first-order valence-electron chi connectivity index (χ1n) is 6.31. The number of nitrogens with one attached hydrogen (secondary N) is 1. The number of aryl methyl sites for hydroxylation is 1.